The first kappa shape index (κ1) is 15.0. The molecule has 0 saturated carbocycles. The van der Waals surface area contributed by atoms with Crippen LogP contribution < -0.4 is 0 Å². The lowest BCUT2D eigenvalue weighted by Crippen LogP contribution is -2.07. The standard InChI is InChI=1S/C17H16ClFS2/c1-17(2,3)15-7-6-12(21-15)16(18)14-8-10-4-5-11(19)9-13(10)20-14/h4-9,16H,1-3H3. The molecule has 2 heterocycles. The maximum atomic E-state index is 13.3. The topological polar surface area (TPSA) is 0 Å². The number of hydrogen-bond donors (Lipinski definition) is 0. The number of rotatable bonds is 2. The van der Waals surface area contributed by atoms with Crippen LogP contribution in [0.1, 0.15) is 40.8 Å². The third-order valence-corrected chi connectivity index (χ3v) is 6.83. The first-order valence-electron chi connectivity index (χ1n) is 6.78. The molecule has 3 rings (SSSR count). The van der Waals surface area contributed by atoms with Crippen LogP contribution in [0.2, 0.25) is 0 Å². The Kier molecular flexibility index (Phi) is 3.85. The summed E-state index contributed by atoms with van der Waals surface area (Å²) >= 11 is 9.96. The van der Waals surface area contributed by atoms with Crippen LogP contribution in [-0.4, -0.2) is 0 Å². The normalized spacial score (nSPS) is 13.8. The van der Waals surface area contributed by atoms with Gasteiger partial charge in [0.15, 0.2) is 0 Å². The molecule has 3 aromatic rings. The zero-order valence-corrected chi connectivity index (χ0v) is 14.5. The lowest BCUT2D eigenvalue weighted by atomic mass is 9.95. The van der Waals surface area contributed by atoms with E-state index < -0.39 is 0 Å². The van der Waals surface area contributed by atoms with Gasteiger partial charge in [0.1, 0.15) is 11.2 Å². The highest BCUT2D eigenvalue weighted by molar-refractivity contribution is 7.19. The summed E-state index contributed by atoms with van der Waals surface area (Å²) in [6, 6.07) is 11.2. The van der Waals surface area contributed by atoms with Crippen molar-refractivity contribution >= 4 is 44.4 Å². The Morgan fingerprint density at radius 1 is 1.00 bits per heavy atom. The maximum Gasteiger partial charge on any atom is 0.124 e. The molecule has 0 amide bonds. The van der Waals surface area contributed by atoms with Crippen LogP contribution >= 0.6 is 34.3 Å². The zero-order chi connectivity index (χ0) is 15.2. The Hall–Kier alpha value is -0.900. The van der Waals surface area contributed by atoms with Crippen molar-refractivity contribution in [3.63, 3.8) is 0 Å². The summed E-state index contributed by atoms with van der Waals surface area (Å²) in [6.45, 7) is 6.61. The zero-order valence-electron chi connectivity index (χ0n) is 12.1. The van der Waals surface area contributed by atoms with E-state index in [9.17, 15) is 4.39 Å². The van der Waals surface area contributed by atoms with Gasteiger partial charge in [0, 0.05) is 19.3 Å². The van der Waals surface area contributed by atoms with Gasteiger partial charge in [0.25, 0.3) is 0 Å². The van der Waals surface area contributed by atoms with Gasteiger partial charge in [-0.3, -0.25) is 0 Å². The Bertz CT molecular complexity index is 780. The molecule has 1 aromatic carbocycles. The molecule has 0 aliphatic heterocycles. The van der Waals surface area contributed by atoms with Crippen molar-refractivity contribution < 1.29 is 4.39 Å². The van der Waals surface area contributed by atoms with E-state index >= 15 is 0 Å². The van der Waals surface area contributed by atoms with E-state index in [0.29, 0.717) is 0 Å². The number of hydrogen-bond acceptors (Lipinski definition) is 2. The molecule has 0 spiro atoms. The lowest BCUT2D eigenvalue weighted by Gasteiger charge is -2.15. The third kappa shape index (κ3) is 3.01. The molecule has 2 aromatic heterocycles. The smallest absolute Gasteiger partial charge is 0.124 e. The van der Waals surface area contributed by atoms with Gasteiger partial charge >= 0.3 is 0 Å². The van der Waals surface area contributed by atoms with Crippen LogP contribution in [-0.2, 0) is 5.41 Å². The molecule has 0 aliphatic carbocycles. The van der Waals surface area contributed by atoms with Crippen LogP contribution in [0.25, 0.3) is 10.1 Å². The largest absolute Gasteiger partial charge is 0.207 e. The summed E-state index contributed by atoms with van der Waals surface area (Å²) in [7, 11) is 0. The number of benzene rings is 1. The fourth-order valence-electron chi connectivity index (χ4n) is 2.18. The fourth-order valence-corrected chi connectivity index (χ4v) is 4.81. The highest BCUT2D eigenvalue weighted by Gasteiger charge is 2.21. The molecule has 0 nitrogen and oxygen atoms in total. The van der Waals surface area contributed by atoms with Gasteiger partial charge in [0.05, 0.1) is 0 Å². The number of fused-ring (bicyclic) bond motifs is 1. The van der Waals surface area contributed by atoms with E-state index in [1.54, 1.807) is 28.7 Å². The predicted octanol–water partition coefficient (Wildman–Crippen LogP) is 6.73. The molecule has 0 N–H and O–H groups in total. The van der Waals surface area contributed by atoms with Crippen LogP contribution in [0.3, 0.4) is 0 Å². The molecule has 0 radical (unpaired) electrons. The van der Waals surface area contributed by atoms with E-state index in [4.69, 9.17) is 11.6 Å². The van der Waals surface area contributed by atoms with Crippen molar-refractivity contribution in [2.24, 2.45) is 0 Å². The number of halogens is 2. The molecular weight excluding hydrogens is 323 g/mol. The highest BCUT2D eigenvalue weighted by atomic mass is 35.5. The van der Waals surface area contributed by atoms with Crippen LogP contribution in [0.5, 0.6) is 0 Å². The molecule has 110 valence electrons. The maximum absolute atomic E-state index is 13.3. The van der Waals surface area contributed by atoms with E-state index in [0.717, 1.165) is 19.8 Å². The van der Waals surface area contributed by atoms with Gasteiger partial charge in [-0.1, -0.05) is 26.8 Å². The Morgan fingerprint density at radius 2 is 1.76 bits per heavy atom. The Morgan fingerprint density at radius 3 is 2.43 bits per heavy atom. The number of thiophene rings is 2. The second kappa shape index (κ2) is 5.38. The van der Waals surface area contributed by atoms with Gasteiger partial charge in [-0.2, -0.15) is 0 Å². The van der Waals surface area contributed by atoms with Gasteiger partial charge in [0.2, 0.25) is 0 Å². The first-order chi connectivity index (χ1) is 9.84. The molecule has 0 aliphatic rings. The summed E-state index contributed by atoms with van der Waals surface area (Å²) < 4.78 is 14.2. The van der Waals surface area contributed by atoms with Crippen molar-refractivity contribution in [3.8, 4) is 0 Å². The molecule has 1 unspecified atom stereocenters. The molecule has 21 heavy (non-hydrogen) atoms. The first-order valence-corrected chi connectivity index (χ1v) is 8.85. The van der Waals surface area contributed by atoms with E-state index in [2.05, 4.69) is 39.0 Å². The molecule has 4 heteroatoms. The lowest BCUT2D eigenvalue weighted by molar-refractivity contribution is 0.604. The van der Waals surface area contributed by atoms with Gasteiger partial charge in [-0.25, -0.2) is 4.39 Å². The Balaban J connectivity index is 1.96. The SMILES string of the molecule is CC(C)(C)c1ccc(C(Cl)c2cc3ccc(F)cc3s2)s1. The molecule has 1 atom stereocenters. The van der Waals surface area contributed by atoms with Crippen molar-refractivity contribution in [2.45, 2.75) is 31.6 Å². The van der Waals surface area contributed by atoms with Crippen LogP contribution in [0.15, 0.2) is 36.4 Å². The average molecular weight is 339 g/mol. The molecule has 0 fully saturated rings. The van der Waals surface area contributed by atoms with Crippen LogP contribution in [0.4, 0.5) is 4.39 Å². The second-order valence-corrected chi connectivity index (χ2v) is 8.81. The van der Waals surface area contributed by atoms with Crippen molar-refractivity contribution in [1.82, 2.24) is 0 Å². The number of alkyl halides is 1. The van der Waals surface area contributed by atoms with E-state index in [-0.39, 0.29) is 16.6 Å². The van der Waals surface area contributed by atoms with E-state index in [1.165, 1.54) is 10.9 Å². The average Bonchev–Trinajstić information content (AvgIpc) is 3.03. The summed E-state index contributed by atoms with van der Waals surface area (Å²) in [4.78, 5) is 3.54. The minimum absolute atomic E-state index is 0.142. The fraction of sp³-hybridized carbons (Fsp3) is 0.294. The van der Waals surface area contributed by atoms with Crippen molar-refractivity contribution in [3.05, 3.63) is 56.8 Å². The summed E-state index contributed by atoms with van der Waals surface area (Å²) in [5, 5.41) is 0.890. The Labute approximate surface area is 137 Å². The van der Waals surface area contributed by atoms with Crippen molar-refractivity contribution in [2.75, 3.05) is 0 Å². The van der Waals surface area contributed by atoms with Gasteiger partial charge < -0.3 is 0 Å². The minimum atomic E-state index is -0.201. The van der Waals surface area contributed by atoms with Crippen molar-refractivity contribution in [1.29, 1.82) is 0 Å². The summed E-state index contributed by atoms with van der Waals surface area (Å²) in [5.74, 6) is -0.201. The summed E-state index contributed by atoms with van der Waals surface area (Å²) in [6.07, 6.45) is 0. The molecule has 0 bridgehead atoms. The minimum Gasteiger partial charge on any atom is -0.207 e. The van der Waals surface area contributed by atoms with Crippen LogP contribution in [0, 0.1) is 5.82 Å². The highest BCUT2D eigenvalue weighted by Crippen LogP contribution is 2.41. The van der Waals surface area contributed by atoms with E-state index in [1.807, 2.05) is 6.07 Å². The second-order valence-electron chi connectivity index (χ2n) is 6.15. The summed E-state index contributed by atoms with van der Waals surface area (Å²) in [5.41, 5.74) is 0.142. The quantitative estimate of drug-likeness (QED) is 0.454. The molecule has 0 saturated heterocycles. The monoisotopic (exact) mass is 338 g/mol. The molecular formula is C17H16ClFS2. The third-order valence-electron chi connectivity index (χ3n) is 3.37. The van der Waals surface area contributed by atoms with Gasteiger partial charge in [-0.05, 0) is 41.1 Å². The predicted molar refractivity (Wildman–Crippen MR) is 92.5 cm³/mol. The van der Waals surface area contributed by atoms with Gasteiger partial charge in [-0.15, -0.1) is 34.3 Å².